The molecule has 2 N–H and O–H groups in total. The molecule has 1 heterocycles. The number of fused-ring (bicyclic) bond motifs is 1. The largest absolute Gasteiger partial charge is 0.486 e. The summed E-state index contributed by atoms with van der Waals surface area (Å²) in [6.07, 6.45) is 5.73. The van der Waals surface area contributed by atoms with Gasteiger partial charge in [-0.3, -0.25) is 0 Å². The molecule has 1 atom stereocenters. The summed E-state index contributed by atoms with van der Waals surface area (Å²) in [5.41, 5.74) is 8.65. The lowest BCUT2D eigenvalue weighted by molar-refractivity contribution is 0.0215. The predicted octanol–water partition coefficient (Wildman–Crippen LogP) is 4.03. The van der Waals surface area contributed by atoms with Gasteiger partial charge in [-0.05, 0) is 67.1 Å². The molecule has 1 fully saturated rings. The molecule has 3 rings (SSSR count). The summed E-state index contributed by atoms with van der Waals surface area (Å²) in [5.74, 6) is 0.971. The molecule has 0 bridgehead atoms. The van der Waals surface area contributed by atoms with Crippen LogP contribution in [0, 0.1) is 6.92 Å². The average molecular weight is 310 g/mol. The Bertz CT molecular complexity index is 490. The minimum Gasteiger partial charge on any atom is -0.486 e. The summed E-state index contributed by atoms with van der Waals surface area (Å²) >= 11 is 3.63. The number of rotatable bonds is 0. The van der Waals surface area contributed by atoms with Gasteiger partial charge in [0.1, 0.15) is 11.4 Å². The van der Waals surface area contributed by atoms with E-state index in [2.05, 4.69) is 41.9 Å². The number of nitrogens with two attached hydrogens (primary N) is 1. The molecule has 1 aliphatic carbocycles. The molecule has 0 saturated heterocycles. The Balaban J connectivity index is 2.13. The number of benzene rings is 1. The lowest BCUT2D eigenvalue weighted by atomic mass is 9.77. The smallest absolute Gasteiger partial charge is 0.139 e. The molecule has 1 spiro atoms. The van der Waals surface area contributed by atoms with Crippen LogP contribution in [0.1, 0.15) is 50.2 Å². The fourth-order valence-electron chi connectivity index (χ4n) is 3.57. The monoisotopic (exact) mass is 309 g/mol. The highest BCUT2D eigenvalue weighted by Gasteiger charge is 2.47. The first kappa shape index (κ1) is 12.5. The number of ether oxygens (including phenoxy) is 1. The summed E-state index contributed by atoms with van der Waals surface area (Å²) in [6, 6.07) is 4.28. The second kappa shape index (κ2) is 3.97. The fourth-order valence-corrected chi connectivity index (χ4v) is 4.23. The van der Waals surface area contributed by atoms with Gasteiger partial charge in [-0.2, -0.15) is 0 Å². The van der Waals surface area contributed by atoms with Gasteiger partial charge in [-0.1, -0.05) is 6.07 Å². The zero-order valence-electron chi connectivity index (χ0n) is 11.1. The average Bonchev–Trinajstić information content (AvgIpc) is 2.68. The van der Waals surface area contributed by atoms with Crippen LogP contribution in [-0.4, -0.2) is 5.60 Å². The van der Waals surface area contributed by atoms with Gasteiger partial charge in [-0.25, -0.2) is 0 Å². The van der Waals surface area contributed by atoms with Crippen LogP contribution in [0.2, 0.25) is 0 Å². The molecule has 1 unspecified atom stereocenters. The molecule has 3 heteroatoms. The van der Waals surface area contributed by atoms with Gasteiger partial charge in [0.05, 0.1) is 4.47 Å². The van der Waals surface area contributed by atoms with Gasteiger partial charge in [0.15, 0.2) is 0 Å². The van der Waals surface area contributed by atoms with Gasteiger partial charge in [0.2, 0.25) is 0 Å². The highest BCUT2D eigenvalue weighted by molar-refractivity contribution is 9.10. The molecule has 1 saturated carbocycles. The molecule has 0 amide bonds. The van der Waals surface area contributed by atoms with Crippen molar-refractivity contribution in [2.24, 2.45) is 5.73 Å². The van der Waals surface area contributed by atoms with E-state index < -0.39 is 0 Å². The van der Waals surface area contributed by atoms with E-state index >= 15 is 0 Å². The van der Waals surface area contributed by atoms with Crippen molar-refractivity contribution >= 4 is 15.9 Å². The summed E-state index contributed by atoms with van der Waals surface area (Å²) < 4.78 is 7.42. The first-order valence-electron chi connectivity index (χ1n) is 6.70. The molecular formula is C15H20BrNO. The summed E-state index contributed by atoms with van der Waals surface area (Å²) in [6.45, 7) is 4.24. The van der Waals surface area contributed by atoms with Crippen LogP contribution >= 0.6 is 15.9 Å². The van der Waals surface area contributed by atoms with Crippen molar-refractivity contribution < 1.29 is 4.74 Å². The second-order valence-corrected chi connectivity index (χ2v) is 7.06. The number of halogens is 1. The maximum Gasteiger partial charge on any atom is 0.139 e. The van der Waals surface area contributed by atoms with Gasteiger partial charge < -0.3 is 10.5 Å². The third-order valence-electron chi connectivity index (χ3n) is 4.33. The lowest BCUT2D eigenvalue weighted by Crippen LogP contribution is -2.49. The molecule has 0 radical (unpaired) electrons. The quantitative estimate of drug-likeness (QED) is 0.785. The Kier molecular flexibility index (Phi) is 2.76. The van der Waals surface area contributed by atoms with Crippen molar-refractivity contribution in [3.8, 4) is 5.75 Å². The van der Waals surface area contributed by atoms with E-state index in [-0.39, 0.29) is 11.1 Å². The predicted molar refractivity (Wildman–Crippen MR) is 76.9 cm³/mol. The SMILES string of the molecule is Cc1cc(Br)c2c(c1)C(C)(N)CC1(CCCC1)O2. The summed E-state index contributed by atoms with van der Waals surface area (Å²) in [7, 11) is 0. The maximum atomic E-state index is 6.58. The van der Waals surface area contributed by atoms with Gasteiger partial charge in [0, 0.05) is 17.5 Å². The fraction of sp³-hybridized carbons (Fsp3) is 0.600. The summed E-state index contributed by atoms with van der Waals surface area (Å²) in [5, 5.41) is 0. The highest BCUT2D eigenvalue weighted by Crippen LogP contribution is 2.51. The van der Waals surface area contributed by atoms with Crippen LogP contribution in [-0.2, 0) is 5.54 Å². The van der Waals surface area contributed by atoms with E-state index in [9.17, 15) is 0 Å². The van der Waals surface area contributed by atoms with Crippen LogP contribution in [0.5, 0.6) is 5.75 Å². The standard InChI is InChI=1S/C15H20BrNO/c1-10-7-11-13(12(16)8-10)18-15(5-3-4-6-15)9-14(11,2)17/h7-8H,3-6,9,17H2,1-2H3. The molecule has 2 nitrogen and oxygen atoms in total. The Morgan fingerprint density at radius 2 is 1.94 bits per heavy atom. The van der Waals surface area contributed by atoms with E-state index in [0.29, 0.717) is 0 Å². The minimum absolute atomic E-state index is 0.0196. The Hall–Kier alpha value is -0.540. The molecule has 2 aliphatic rings. The Labute approximate surface area is 117 Å². The van der Waals surface area contributed by atoms with E-state index in [1.54, 1.807) is 0 Å². The Morgan fingerprint density at radius 3 is 2.61 bits per heavy atom. The molecule has 98 valence electrons. The highest BCUT2D eigenvalue weighted by atomic mass is 79.9. The van der Waals surface area contributed by atoms with Crippen LogP contribution in [0.3, 0.4) is 0 Å². The van der Waals surface area contributed by atoms with Crippen LogP contribution in [0.4, 0.5) is 0 Å². The first-order valence-corrected chi connectivity index (χ1v) is 7.50. The maximum absolute atomic E-state index is 6.58. The molecule has 1 aliphatic heterocycles. The number of aryl methyl sites for hydroxylation is 1. The molecule has 1 aromatic carbocycles. The second-order valence-electron chi connectivity index (χ2n) is 6.21. The van der Waals surface area contributed by atoms with Crippen molar-refractivity contribution in [2.75, 3.05) is 0 Å². The van der Waals surface area contributed by atoms with E-state index in [0.717, 1.165) is 35.0 Å². The van der Waals surface area contributed by atoms with Gasteiger partial charge in [-0.15, -0.1) is 0 Å². The molecule has 0 aromatic heterocycles. The Morgan fingerprint density at radius 1 is 1.28 bits per heavy atom. The van der Waals surface area contributed by atoms with Gasteiger partial charge >= 0.3 is 0 Å². The van der Waals surface area contributed by atoms with E-state index in [4.69, 9.17) is 10.5 Å². The third kappa shape index (κ3) is 1.88. The zero-order chi connectivity index (χ0) is 13.0. The normalized spacial score (nSPS) is 29.1. The third-order valence-corrected chi connectivity index (χ3v) is 4.92. The number of hydrogen-bond donors (Lipinski definition) is 1. The zero-order valence-corrected chi connectivity index (χ0v) is 12.6. The van der Waals surface area contributed by atoms with Crippen molar-refractivity contribution in [1.82, 2.24) is 0 Å². The number of hydrogen-bond acceptors (Lipinski definition) is 2. The lowest BCUT2D eigenvalue weighted by Gasteiger charge is -2.44. The van der Waals surface area contributed by atoms with Crippen molar-refractivity contribution in [3.63, 3.8) is 0 Å². The van der Waals surface area contributed by atoms with Crippen molar-refractivity contribution in [1.29, 1.82) is 0 Å². The van der Waals surface area contributed by atoms with E-state index in [1.165, 1.54) is 18.4 Å². The topological polar surface area (TPSA) is 35.2 Å². The first-order chi connectivity index (χ1) is 8.42. The van der Waals surface area contributed by atoms with Crippen molar-refractivity contribution in [3.05, 3.63) is 27.7 Å². The van der Waals surface area contributed by atoms with Crippen LogP contribution < -0.4 is 10.5 Å². The van der Waals surface area contributed by atoms with Crippen LogP contribution in [0.25, 0.3) is 0 Å². The molecule has 18 heavy (non-hydrogen) atoms. The van der Waals surface area contributed by atoms with Crippen LogP contribution in [0.15, 0.2) is 16.6 Å². The van der Waals surface area contributed by atoms with E-state index in [1.807, 2.05) is 0 Å². The van der Waals surface area contributed by atoms with Crippen molar-refractivity contribution in [2.45, 2.75) is 57.1 Å². The molecular weight excluding hydrogens is 290 g/mol. The summed E-state index contributed by atoms with van der Waals surface area (Å²) in [4.78, 5) is 0. The minimum atomic E-state index is -0.285. The van der Waals surface area contributed by atoms with Gasteiger partial charge in [0.25, 0.3) is 0 Å². The molecule has 1 aromatic rings.